The minimum absolute atomic E-state index is 0.148. The van der Waals surface area contributed by atoms with Gasteiger partial charge in [0.25, 0.3) is 5.56 Å². The number of aromatic amines is 1. The number of aromatic nitrogens is 4. The second kappa shape index (κ2) is 7.41. The van der Waals surface area contributed by atoms with Crippen LogP contribution in [0.2, 0.25) is 0 Å². The van der Waals surface area contributed by atoms with Crippen LogP contribution in [0.5, 0.6) is 0 Å². The van der Waals surface area contributed by atoms with Gasteiger partial charge in [-0.2, -0.15) is 5.10 Å². The van der Waals surface area contributed by atoms with Crippen molar-refractivity contribution in [2.75, 3.05) is 10.6 Å². The molecule has 0 radical (unpaired) electrons. The Bertz CT molecular complexity index is 1850. The van der Waals surface area contributed by atoms with Gasteiger partial charge in [0.1, 0.15) is 17.1 Å². The molecule has 0 saturated heterocycles. The number of H-pyrrole nitrogens is 1. The predicted molar refractivity (Wildman–Crippen MR) is 140 cm³/mol. The maximum Gasteiger partial charge on any atom is 0.329 e. The van der Waals surface area contributed by atoms with E-state index in [4.69, 9.17) is 5.10 Å². The zero-order valence-electron chi connectivity index (χ0n) is 19.6. The van der Waals surface area contributed by atoms with Gasteiger partial charge in [0.15, 0.2) is 0 Å². The van der Waals surface area contributed by atoms with Gasteiger partial charge in [0.05, 0.1) is 16.9 Å². The Morgan fingerprint density at radius 1 is 0.757 bits per heavy atom. The van der Waals surface area contributed by atoms with E-state index in [1.54, 1.807) is 11.7 Å². The van der Waals surface area contributed by atoms with Gasteiger partial charge in [-0.05, 0) is 18.2 Å². The van der Waals surface area contributed by atoms with Gasteiger partial charge in [-0.15, -0.1) is 0 Å². The Hall–Kier alpha value is -5.18. The van der Waals surface area contributed by atoms with E-state index >= 15 is 0 Å². The molecule has 3 aromatic carbocycles. The van der Waals surface area contributed by atoms with E-state index in [2.05, 4.69) is 15.6 Å². The molecule has 9 nitrogen and oxygen atoms in total. The Morgan fingerprint density at radius 2 is 1.43 bits per heavy atom. The monoisotopic (exact) mass is 488 g/mol. The molecule has 7 rings (SSSR count). The van der Waals surface area contributed by atoms with Crippen molar-refractivity contribution in [3.05, 3.63) is 122 Å². The summed E-state index contributed by atoms with van der Waals surface area (Å²) in [7, 11) is 1.56. The van der Waals surface area contributed by atoms with Crippen molar-refractivity contribution in [3.63, 3.8) is 0 Å². The van der Waals surface area contributed by atoms with Gasteiger partial charge >= 0.3 is 5.69 Å². The molecule has 37 heavy (non-hydrogen) atoms. The fourth-order valence-corrected chi connectivity index (χ4v) is 5.55. The number of carbonyl (C=O) groups excluding carboxylic acids is 1. The third kappa shape index (κ3) is 2.68. The maximum atomic E-state index is 14.2. The predicted octanol–water partition coefficient (Wildman–Crippen LogP) is 3.27. The molecule has 2 aliphatic heterocycles. The first-order valence-corrected chi connectivity index (χ1v) is 11.8. The van der Waals surface area contributed by atoms with Gasteiger partial charge in [-0.1, -0.05) is 66.7 Å². The first kappa shape index (κ1) is 21.1. The summed E-state index contributed by atoms with van der Waals surface area (Å²) in [6.07, 6.45) is 0. The van der Waals surface area contributed by atoms with Crippen LogP contribution in [0, 0.1) is 0 Å². The average molecular weight is 489 g/mol. The molecule has 180 valence electrons. The zero-order chi connectivity index (χ0) is 25.3. The van der Waals surface area contributed by atoms with Crippen molar-refractivity contribution in [2.24, 2.45) is 7.05 Å². The molecule has 2 aliphatic rings. The molecular weight excluding hydrogens is 468 g/mol. The summed E-state index contributed by atoms with van der Waals surface area (Å²) in [4.78, 5) is 42.8. The molecule has 4 heterocycles. The second-order valence-corrected chi connectivity index (χ2v) is 9.10. The van der Waals surface area contributed by atoms with Gasteiger partial charge in [-0.3, -0.25) is 19.1 Å². The van der Waals surface area contributed by atoms with E-state index < -0.39 is 16.7 Å². The number of fused-ring (bicyclic) bond motifs is 6. The van der Waals surface area contributed by atoms with E-state index in [9.17, 15) is 14.4 Å². The lowest BCUT2D eigenvalue weighted by atomic mass is 9.68. The van der Waals surface area contributed by atoms with E-state index in [0.29, 0.717) is 28.3 Å². The smallest absolute Gasteiger partial charge is 0.325 e. The van der Waals surface area contributed by atoms with Gasteiger partial charge in [0, 0.05) is 29.4 Å². The molecule has 0 aliphatic carbocycles. The summed E-state index contributed by atoms with van der Waals surface area (Å²) < 4.78 is 3.04. The van der Waals surface area contributed by atoms with Crippen molar-refractivity contribution >= 4 is 23.2 Å². The Morgan fingerprint density at radius 3 is 2.19 bits per heavy atom. The van der Waals surface area contributed by atoms with Crippen LogP contribution in [-0.4, -0.2) is 25.2 Å². The van der Waals surface area contributed by atoms with Gasteiger partial charge in [-0.25, -0.2) is 9.48 Å². The zero-order valence-corrected chi connectivity index (χ0v) is 19.6. The molecular formula is C28H20N6O3. The third-order valence-corrected chi connectivity index (χ3v) is 7.16. The summed E-state index contributed by atoms with van der Waals surface area (Å²) in [6.45, 7) is 0. The number of amides is 1. The highest BCUT2D eigenvalue weighted by Gasteiger charge is 2.58. The highest BCUT2D eigenvalue weighted by atomic mass is 16.2. The lowest BCUT2D eigenvalue weighted by Crippen LogP contribution is -2.48. The summed E-state index contributed by atoms with van der Waals surface area (Å²) in [5.41, 5.74) is 1.25. The first-order valence-electron chi connectivity index (χ1n) is 11.8. The van der Waals surface area contributed by atoms with E-state index in [-0.39, 0.29) is 17.3 Å². The van der Waals surface area contributed by atoms with Crippen molar-refractivity contribution in [1.82, 2.24) is 19.3 Å². The lowest BCUT2D eigenvalue weighted by Gasteiger charge is -2.35. The number of anilines is 3. The minimum atomic E-state index is -1.55. The SMILES string of the molecule is Cn1c2c(c(=O)[nH]c1=O)C1(C(=O)Nc3ccccc31)c1c(-c3ccccc3)nn(-c3ccccc3)c1N2. The number of benzene rings is 3. The quantitative estimate of drug-likeness (QED) is 0.353. The summed E-state index contributed by atoms with van der Waals surface area (Å²) in [5.74, 6) is 0.362. The molecule has 1 atom stereocenters. The first-order chi connectivity index (χ1) is 18.0. The summed E-state index contributed by atoms with van der Waals surface area (Å²) >= 11 is 0. The molecule has 9 heteroatoms. The number of nitrogens with one attached hydrogen (secondary N) is 3. The third-order valence-electron chi connectivity index (χ3n) is 7.16. The topological polar surface area (TPSA) is 114 Å². The average Bonchev–Trinajstić information content (AvgIpc) is 3.44. The number of para-hydroxylation sites is 2. The Kier molecular flexibility index (Phi) is 4.23. The number of rotatable bonds is 2. The van der Waals surface area contributed by atoms with Crippen molar-refractivity contribution in [3.8, 4) is 16.9 Å². The largest absolute Gasteiger partial charge is 0.329 e. The van der Waals surface area contributed by atoms with Crippen LogP contribution in [0.1, 0.15) is 16.7 Å². The van der Waals surface area contributed by atoms with E-state index in [1.807, 2.05) is 84.9 Å². The van der Waals surface area contributed by atoms with Crippen LogP contribution < -0.4 is 21.9 Å². The van der Waals surface area contributed by atoms with Gasteiger partial charge < -0.3 is 10.6 Å². The number of carbonyl (C=O) groups is 1. The maximum absolute atomic E-state index is 14.2. The van der Waals surface area contributed by atoms with E-state index in [1.165, 1.54) is 4.57 Å². The molecule has 3 N–H and O–H groups in total. The van der Waals surface area contributed by atoms with Crippen LogP contribution in [0.3, 0.4) is 0 Å². The Labute approximate surface area is 210 Å². The van der Waals surface area contributed by atoms with Crippen molar-refractivity contribution < 1.29 is 4.79 Å². The van der Waals surface area contributed by atoms with Crippen LogP contribution in [0.25, 0.3) is 16.9 Å². The highest BCUT2D eigenvalue weighted by Crippen LogP contribution is 2.56. The lowest BCUT2D eigenvalue weighted by molar-refractivity contribution is -0.118. The molecule has 5 aromatic rings. The normalized spacial score (nSPS) is 17.1. The van der Waals surface area contributed by atoms with E-state index in [0.717, 1.165) is 11.3 Å². The van der Waals surface area contributed by atoms with Crippen LogP contribution in [0.4, 0.5) is 17.3 Å². The molecule has 1 amide bonds. The van der Waals surface area contributed by atoms with Crippen molar-refractivity contribution in [1.29, 1.82) is 0 Å². The van der Waals surface area contributed by atoms with Crippen LogP contribution in [-0.2, 0) is 17.3 Å². The molecule has 0 fully saturated rings. The van der Waals surface area contributed by atoms with Gasteiger partial charge in [0.2, 0.25) is 5.91 Å². The standard InChI is InChI=1S/C28H20N6O3/c1-33-23-21(25(35)31-27(33)37)28(18-14-8-9-15-19(18)29-26(28)36)20-22(16-10-4-2-5-11-16)32-34(24(20)30-23)17-12-6-3-7-13-17/h2-15,30H,1H3,(H,29,36)(H,31,35,37). The molecule has 1 unspecified atom stereocenters. The fraction of sp³-hybridized carbons (Fsp3) is 0.0714. The van der Waals surface area contributed by atoms with Crippen molar-refractivity contribution in [2.45, 2.75) is 5.41 Å². The summed E-state index contributed by atoms with van der Waals surface area (Å²) in [6, 6.07) is 26.4. The molecule has 0 bridgehead atoms. The number of hydrogen-bond donors (Lipinski definition) is 3. The Balaban J connectivity index is 1.71. The number of nitrogens with zero attached hydrogens (tertiary/aromatic N) is 3. The van der Waals surface area contributed by atoms with Crippen LogP contribution in [0.15, 0.2) is 94.5 Å². The number of hydrogen-bond acceptors (Lipinski definition) is 5. The minimum Gasteiger partial charge on any atom is -0.325 e. The highest BCUT2D eigenvalue weighted by molar-refractivity contribution is 6.15. The molecule has 2 aromatic heterocycles. The summed E-state index contributed by atoms with van der Waals surface area (Å²) in [5, 5.41) is 11.3. The molecule has 0 saturated carbocycles. The molecule has 1 spiro atoms. The van der Waals surface area contributed by atoms with Crippen LogP contribution >= 0.6 is 0 Å². The fourth-order valence-electron chi connectivity index (χ4n) is 5.55. The second-order valence-electron chi connectivity index (χ2n) is 9.10.